The topological polar surface area (TPSA) is 149 Å². The van der Waals surface area contributed by atoms with Crippen molar-refractivity contribution in [1.82, 2.24) is 0 Å². The van der Waals surface area contributed by atoms with Crippen LogP contribution in [-0.4, -0.2) is 31.1 Å². The molecule has 0 saturated carbocycles. The van der Waals surface area contributed by atoms with Crippen LogP contribution in [-0.2, 0) is 19.1 Å². The van der Waals surface area contributed by atoms with E-state index < -0.39 is 56.5 Å². The van der Waals surface area contributed by atoms with E-state index in [2.05, 4.69) is 0 Å². The molecule has 2 N–H and O–H groups in total. The minimum Gasteiger partial charge on any atom is -0.466 e. The molecule has 0 spiro atoms. The number of ether oxygens (including phenoxy) is 2. The lowest BCUT2D eigenvalue weighted by Crippen LogP contribution is -2.41. The first-order valence-electron chi connectivity index (χ1n) is 9.46. The van der Waals surface area contributed by atoms with Gasteiger partial charge in [0.1, 0.15) is 17.2 Å². The van der Waals surface area contributed by atoms with Crippen molar-refractivity contribution in [3.05, 3.63) is 91.6 Å². The minimum atomic E-state index is -1.23. The Labute approximate surface area is 197 Å². The molecule has 0 aliphatic carbocycles. The summed E-state index contributed by atoms with van der Waals surface area (Å²) >= 11 is 6.16. The van der Waals surface area contributed by atoms with Crippen molar-refractivity contribution in [2.75, 3.05) is 19.1 Å². The van der Waals surface area contributed by atoms with Gasteiger partial charge in [0.2, 0.25) is 0 Å². The number of nitro benzene ring substituents is 1. The van der Waals surface area contributed by atoms with E-state index in [9.17, 15) is 25.0 Å². The van der Waals surface area contributed by atoms with E-state index in [1.165, 1.54) is 0 Å². The molecule has 174 valence electrons. The van der Waals surface area contributed by atoms with Gasteiger partial charge in [-0.3, -0.25) is 15.0 Å². The van der Waals surface area contributed by atoms with Crippen LogP contribution >= 0.6 is 11.6 Å². The number of carbonyl (C=O) groups excluding carboxylic acids is 2. The van der Waals surface area contributed by atoms with Crippen LogP contribution in [0.3, 0.4) is 0 Å². The zero-order valence-electron chi connectivity index (χ0n) is 17.7. The predicted octanol–water partition coefficient (Wildman–Crippen LogP) is 3.29. The Balaban J connectivity index is 2.47. The number of hydrogen-bond acceptors (Lipinski definition) is 9. The van der Waals surface area contributed by atoms with Gasteiger partial charge in [-0.2, -0.15) is 5.26 Å². The fourth-order valence-electron chi connectivity index (χ4n) is 3.62. The molecule has 0 bridgehead atoms. The van der Waals surface area contributed by atoms with Crippen molar-refractivity contribution in [2.45, 2.75) is 5.92 Å². The first-order valence-corrected chi connectivity index (χ1v) is 9.84. The maximum Gasteiger partial charge on any atom is 0.355 e. The second-order valence-electron chi connectivity index (χ2n) is 6.85. The van der Waals surface area contributed by atoms with E-state index in [1.807, 2.05) is 6.07 Å². The third kappa shape index (κ3) is 4.02. The maximum atomic E-state index is 15.1. The van der Waals surface area contributed by atoms with Gasteiger partial charge in [0, 0.05) is 6.07 Å². The van der Waals surface area contributed by atoms with Crippen LogP contribution in [0, 0.1) is 27.3 Å². The van der Waals surface area contributed by atoms with Gasteiger partial charge in [-0.15, -0.1) is 0 Å². The number of carbonyl (C=O) groups is 2. The van der Waals surface area contributed by atoms with Crippen LogP contribution in [0.15, 0.2) is 65.1 Å². The highest BCUT2D eigenvalue weighted by atomic mass is 35.5. The summed E-state index contributed by atoms with van der Waals surface area (Å²) in [5, 5.41) is 20.5. The van der Waals surface area contributed by atoms with Gasteiger partial charge in [0.15, 0.2) is 5.82 Å². The fourth-order valence-corrected chi connectivity index (χ4v) is 3.90. The monoisotopic (exact) mass is 486 g/mol. The Kier molecular flexibility index (Phi) is 6.84. The average Bonchev–Trinajstić information content (AvgIpc) is 2.83. The summed E-state index contributed by atoms with van der Waals surface area (Å²) in [6, 6.07) is 11.5. The number of nitriles is 1. The summed E-state index contributed by atoms with van der Waals surface area (Å²) in [4.78, 5) is 36.8. The molecule has 34 heavy (non-hydrogen) atoms. The molecular formula is C22H16ClFN4O6. The molecule has 2 aromatic carbocycles. The normalized spacial score (nSPS) is 15.6. The highest BCUT2D eigenvalue weighted by molar-refractivity contribution is 6.34. The van der Waals surface area contributed by atoms with E-state index in [0.717, 1.165) is 25.2 Å². The van der Waals surface area contributed by atoms with E-state index >= 15 is 4.39 Å². The van der Waals surface area contributed by atoms with Crippen molar-refractivity contribution >= 4 is 34.9 Å². The molecule has 2 aromatic rings. The molecule has 0 fully saturated rings. The van der Waals surface area contributed by atoms with Crippen molar-refractivity contribution in [2.24, 2.45) is 5.73 Å². The van der Waals surface area contributed by atoms with Crippen LogP contribution in [0.2, 0.25) is 5.02 Å². The number of hydrogen-bond donors (Lipinski definition) is 1. The molecule has 1 aliphatic heterocycles. The highest BCUT2D eigenvalue weighted by Crippen LogP contribution is 2.46. The first-order chi connectivity index (χ1) is 16.2. The Bertz CT molecular complexity index is 1280. The maximum absolute atomic E-state index is 15.1. The molecule has 0 amide bonds. The molecule has 10 nitrogen and oxygen atoms in total. The molecule has 1 unspecified atom stereocenters. The molecule has 3 rings (SSSR count). The van der Waals surface area contributed by atoms with Crippen molar-refractivity contribution in [3.63, 3.8) is 0 Å². The van der Waals surface area contributed by atoms with Gasteiger partial charge in [-0.05, 0) is 5.56 Å². The Morgan fingerprint density at radius 2 is 1.82 bits per heavy atom. The Morgan fingerprint density at radius 1 is 1.21 bits per heavy atom. The lowest BCUT2D eigenvalue weighted by atomic mass is 9.81. The van der Waals surface area contributed by atoms with Crippen LogP contribution in [0.5, 0.6) is 0 Å². The fraction of sp³-hybridized carbons (Fsp3) is 0.136. The average molecular weight is 487 g/mol. The van der Waals surface area contributed by atoms with Gasteiger partial charge >= 0.3 is 11.9 Å². The summed E-state index contributed by atoms with van der Waals surface area (Å²) in [5.41, 5.74) is 4.27. The predicted molar refractivity (Wildman–Crippen MR) is 118 cm³/mol. The van der Waals surface area contributed by atoms with Gasteiger partial charge < -0.3 is 15.2 Å². The number of nitrogens with zero attached hydrogens (tertiary/aromatic N) is 3. The van der Waals surface area contributed by atoms with E-state index in [-0.39, 0.29) is 11.1 Å². The lowest BCUT2D eigenvalue weighted by Gasteiger charge is -2.36. The number of non-ortho nitro benzene ring substituents is 1. The number of benzene rings is 2. The van der Waals surface area contributed by atoms with Crippen molar-refractivity contribution in [3.8, 4) is 6.07 Å². The number of allylic oxidation sites excluding steroid dienone is 1. The smallest absolute Gasteiger partial charge is 0.355 e. The highest BCUT2D eigenvalue weighted by Gasteiger charge is 2.44. The number of nitrogens with two attached hydrogens (primary N) is 1. The molecule has 12 heteroatoms. The Hall–Kier alpha value is -4.43. The number of anilines is 1. The SMILES string of the molecule is COC(=O)C1=C(C(=O)OC)N(c2c(F)cc([N+](=O)[O-])cc2Cl)C(N)=C(C#N)C1c1ccccc1. The third-order valence-corrected chi connectivity index (χ3v) is 5.33. The molecule has 1 atom stereocenters. The molecule has 1 aliphatic rings. The van der Waals surface area contributed by atoms with Gasteiger partial charge in [-0.25, -0.2) is 14.0 Å². The molecule has 0 saturated heterocycles. The summed E-state index contributed by atoms with van der Waals surface area (Å²) in [6.07, 6.45) is 0. The standard InChI is InChI=1S/C22H16ClFN4O6/c1-33-21(29)17-16(11-6-4-3-5-7-11)13(10-25)20(26)27(19(17)22(30)34-2)18-14(23)8-12(28(31)32)9-15(18)24/h3-9,16H,26H2,1-2H3. The van der Waals surface area contributed by atoms with Crippen molar-refractivity contribution in [1.29, 1.82) is 5.26 Å². The number of methoxy groups -OCH3 is 2. The van der Waals surface area contributed by atoms with Crippen molar-refractivity contribution < 1.29 is 28.4 Å². The summed E-state index contributed by atoms with van der Waals surface area (Å²) in [6.45, 7) is 0. The second-order valence-corrected chi connectivity index (χ2v) is 7.26. The zero-order valence-corrected chi connectivity index (χ0v) is 18.5. The molecule has 0 radical (unpaired) electrons. The number of rotatable bonds is 5. The van der Waals surface area contributed by atoms with Gasteiger partial charge in [0.25, 0.3) is 5.69 Å². The Morgan fingerprint density at radius 3 is 2.32 bits per heavy atom. The zero-order chi connectivity index (χ0) is 25.2. The van der Waals surface area contributed by atoms with Crippen LogP contribution in [0.1, 0.15) is 11.5 Å². The minimum absolute atomic E-state index is 0.215. The third-order valence-electron chi connectivity index (χ3n) is 5.05. The second kappa shape index (κ2) is 9.60. The van der Waals surface area contributed by atoms with Gasteiger partial charge in [-0.1, -0.05) is 41.9 Å². The number of halogens is 2. The molecular weight excluding hydrogens is 471 g/mol. The van der Waals surface area contributed by atoms with Crippen LogP contribution < -0.4 is 10.6 Å². The largest absolute Gasteiger partial charge is 0.466 e. The van der Waals surface area contributed by atoms with Crippen LogP contribution in [0.25, 0.3) is 0 Å². The van der Waals surface area contributed by atoms with E-state index in [4.69, 9.17) is 26.8 Å². The summed E-state index contributed by atoms with van der Waals surface area (Å²) in [7, 11) is 2.08. The van der Waals surface area contributed by atoms with E-state index in [1.54, 1.807) is 30.3 Å². The van der Waals surface area contributed by atoms with E-state index in [0.29, 0.717) is 11.6 Å². The number of nitro groups is 1. The lowest BCUT2D eigenvalue weighted by molar-refractivity contribution is -0.385. The van der Waals surface area contributed by atoms with Crippen LogP contribution in [0.4, 0.5) is 15.8 Å². The first kappa shape index (κ1) is 24.2. The quantitative estimate of drug-likeness (QED) is 0.381. The summed E-state index contributed by atoms with van der Waals surface area (Å²) < 4.78 is 24.8. The van der Waals surface area contributed by atoms with Gasteiger partial charge in [0.05, 0.1) is 53.4 Å². The molecule has 1 heterocycles. The molecule has 0 aromatic heterocycles. The summed E-state index contributed by atoms with van der Waals surface area (Å²) in [5.74, 6) is -4.96. The number of esters is 2.